The van der Waals surface area contributed by atoms with Crippen LogP contribution in [0.15, 0.2) is 36.5 Å². The molecule has 0 saturated carbocycles. The number of hydrogen-bond acceptors (Lipinski definition) is 1. The minimum atomic E-state index is -0.130. The zero-order valence-electron chi connectivity index (χ0n) is 7.25. The van der Waals surface area contributed by atoms with E-state index in [1.807, 2.05) is 30.3 Å². The van der Waals surface area contributed by atoms with Gasteiger partial charge in [0.25, 0.3) is 0 Å². The van der Waals surface area contributed by atoms with E-state index in [-0.39, 0.29) is 5.91 Å². The van der Waals surface area contributed by atoms with Crippen LogP contribution in [0.1, 0.15) is 12.5 Å². The summed E-state index contributed by atoms with van der Waals surface area (Å²) in [5.41, 5.74) is 0.887. The zero-order chi connectivity index (χ0) is 9.68. The summed E-state index contributed by atoms with van der Waals surface area (Å²) >= 11 is 5.90. The third-order valence-electron chi connectivity index (χ3n) is 1.45. The van der Waals surface area contributed by atoms with Gasteiger partial charge in [0.15, 0.2) is 0 Å². The Morgan fingerprint density at radius 1 is 1.38 bits per heavy atom. The van der Waals surface area contributed by atoms with Gasteiger partial charge < -0.3 is 5.32 Å². The normalized spacial score (nSPS) is 11.1. The number of hydrogen-bond donors (Lipinski definition) is 1. The van der Waals surface area contributed by atoms with Gasteiger partial charge in [-0.05, 0) is 5.56 Å². The second kappa shape index (κ2) is 4.67. The number of nitrogens with one attached hydrogen (secondary N) is 1. The van der Waals surface area contributed by atoms with Crippen LogP contribution in [0, 0.1) is 0 Å². The average molecular weight is 196 g/mol. The molecule has 68 valence electrons. The largest absolute Gasteiger partial charge is 0.331 e. The van der Waals surface area contributed by atoms with Crippen LogP contribution in [0.3, 0.4) is 0 Å². The summed E-state index contributed by atoms with van der Waals surface area (Å²) in [5.74, 6) is -0.130. The van der Waals surface area contributed by atoms with Gasteiger partial charge in [-0.25, -0.2) is 0 Å². The number of carbonyl (C=O) groups excluding carboxylic acids is 1. The quantitative estimate of drug-likeness (QED) is 0.771. The maximum absolute atomic E-state index is 10.6. The summed E-state index contributed by atoms with van der Waals surface area (Å²) in [5, 5.41) is 3.03. The van der Waals surface area contributed by atoms with Crippen molar-refractivity contribution in [2.45, 2.75) is 6.92 Å². The highest BCUT2D eigenvalue weighted by Gasteiger charge is 1.95. The van der Waals surface area contributed by atoms with Gasteiger partial charge >= 0.3 is 0 Å². The fourth-order valence-electron chi connectivity index (χ4n) is 0.846. The first kappa shape index (κ1) is 9.81. The summed E-state index contributed by atoms with van der Waals surface area (Å²) < 4.78 is 0. The summed E-state index contributed by atoms with van der Waals surface area (Å²) in [6.07, 6.45) is 1.49. The van der Waals surface area contributed by atoms with Crippen LogP contribution in [-0.4, -0.2) is 5.91 Å². The molecule has 1 aromatic rings. The Hall–Kier alpha value is -1.28. The fourth-order valence-corrected chi connectivity index (χ4v) is 1.03. The summed E-state index contributed by atoms with van der Waals surface area (Å²) in [7, 11) is 0. The van der Waals surface area contributed by atoms with Gasteiger partial charge in [-0.2, -0.15) is 0 Å². The number of benzene rings is 1. The molecular formula is C10H10ClNO. The Kier molecular flexibility index (Phi) is 3.53. The zero-order valence-corrected chi connectivity index (χ0v) is 8.01. The Balaban J connectivity index is 2.73. The van der Waals surface area contributed by atoms with Gasteiger partial charge in [0.1, 0.15) is 0 Å². The van der Waals surface area contributed by atoms with Crippen LogP contribution in [0.2, 0.25) is 0 Å². The number of amides is 1. The van der Waals surface area contributed by atoms with E-state index >= 15 is 0 Å². The highest BCUT2D eigenvalue weighted by Crippen LogP contribution is 2.16. The maximum Gasteiger partial charge on any atom is 0.220 e. The molecule has 1 aromatic carbocycles. The van der Waals surface area contributed by atoms with Gasteiger partial charge in [0.2, 0.25) is 5.91 Å². The van der Waals surface area contributed by atoms with Crippen LogP contribution < -0.4 is 5.32 Å². The van der Waals surface area contributed by atoms with Crippen molar-refractivity contribution in [2.75, 3.05) is 0 Å². The molecule has 0 bridgehead atoms. The van der Waals surface area contributed by atoms with E-state index in [0.29, 0.717) is 5.03 Å². The molecule has 2 nitrogen and oxygen atoms in total. The minimum absolute atomic E-state index is 0.130. The van der Waals surface area contributed by atoms with Crippen LogP contribution in [0.25, 0.3) is 5.03 Å². The topological polar surface area (TPSA) is 29.1 Å². The third kappa shape index (κ3) is 3.30. The van der Waals surface area contributed by atoms with Crippen molar-refractivity contribution < 1.29 is 4.79 Å². The predicted molar refractivity (Wildman–Crippen MR) is 54.1 cm³/mol. The number of rotatable bonds is 2. The van der Waals surface area contributed by atoms with E-state index in [2.05, 4.69) is 5.32 Å². The lowest BCUT2D eigenvalue weighted by molar-refractivity contribution is -0.118. The van der Waals surface area contributed by atoms with Crippen LogP contribution >= 0.6 is 11.6 Å². The number of halogens is 1. The molecule has 0 aromatic heterocycles. The van der Waals surface area contributed by atoms with Gasteiger partial charge in [0.05, 0.1) is 5.03 Å². The van der Waals surface area contributed by atoms with Crippen molar-refractivity contribution in [3.8, 4) is 0 Å². The first-order valence-electron chi connectivity index (χ1n) is 3.88. The minimum Gasteiger partial charge on any atom is -0.331 e. The molecule has 0 saturated heterocycles. The molecule has 0 heterocycles. The summed E-state index contributed by atoms with van der Waals surface area (Å²) in [6, 6.07) is 9.44. The molecule has 13 heavy (non-hydrogen) atoms. The van der Waals surface area contributed by atoms with Crippen molar-refractivity contribution in [3.05, 3.63) is 42.1 Å². The van der Waals surface area contributed by atoms with E-state index in [4.69, 9.17) is 11.6 Å². The molecule has 3 heteroatoms. The first-order valence-corrected chi connectivity index (χ1v) is 4.26. The molecule has 1 N–H and O–H groups in total. The van der Waals surface area contributed by atoms with Gasteiger partial charge in [-0.3, -0.25) is 4.79 Å². The number of carbonyl (C=O) groups is 1. The Morgan fingerprint density at radius 2 is 2.00 bits per heavy atom. The van der Waals surface area contributed by atoms with Crippen LogP contribution in [0.5, 0.6) is 0 Å². The molecule has 1 amide bonds. The summed E-state index contributed by atoms with van der Waals surface area (Å²) in [4.78, 5) is 10.6. The predicted octanol–water partition coefficient (Wildman–Crippen LogP) is 2.36. The van der Waals surface area contributed by atoms with E-state index in [0.717, 1.165) is 5.56 Å². The van der Waals surface area contributed by atoms with E-state index in [1.54, 1.807) is 0 Å². The smallest absolute Gasteiger partial charge is 0.220 e. The van der Waals surface area contributed by atoms with E-state index in [1.165, 1.54) is 13.1 Å². The molecular weight excluding hydrogens is 186 g/mol. The van der Waals surface area contributed by atoms with Crippen molar-refractivity contribution in [1.82, 2.24) is 5.32 Å². The lowest BCUT2D eigenvalue weighted by Gasteiger charge is -1.98. The fraction of sp³-hybridized carbons (Fsp3) is 0.100. The molecule has 0 atom stereocenters. The second-order valence-electron chi connectivity index (χ2n) is 2.56. The van der Waals surface area contributed by atoms with Crippen LogP contribution in [0.4, 0.5) is 0 Å². The second-order valence-corrected chi connectivity index (χ2v) is 2.97. The Labute approximate surface area is 82.2 Å². The van der Waals surface area contributed by atoms with Gasteiger partial charge in [-0.15, -0.1) is 0 Å². The SMILES string of the molecule is CC(=O)NC=C(Cl)c1ccccc1. The van der Waals surface area contributed by atoms with Crippen LogP contribution in [-0.2, 0) is 4.79 Å². The Bertz CT molecular complexity index is 319. The maximum atomic E-state index is 10.6. The first-order chi connectivity index (χ1) is 6.20. The Morgan fingerprint density at radius 3 is 2.54 bits per heavy atom. The molecule has 0 aliphatic rings. The molecule has 0 fully saturated rings. The molecule has 0 unspecified atom stereocenters. The average Bonchev–Trinajstić information content (AvgIpc) is 2.15. The highest BCUT2D eigenvalue weighted by atomic mass is 35.5. The lowest BCUT2D eigenvalue weighted by Crippen LogP contribution is -2.11. The molecule has 0 radical (unpaired) electrons. The van der Waals surface area contributed by atoms with E-state index < -0.39 is 0 Å². The van der Waals surface area contributed by atoms with Crippen molar-refractivity contribution >= 4 is 22.5 Å². The van der Waals surface area contributed by atoms with E-state index in [9.17, 15) is 4.79 Å². The van der Waals surface area contributed by atoms with Crippen molar-refractivity contribution in [2.24, 2.45) is 0 Å². The van der Waals surface area contributed by atoms with Gasteiger partial charge in [-0.1, -0.05) is 41.9 Å². The molecule has 1 rings (SSSR count). The summed E-state index contributed by atoms with van der Waals surface area (Å²) in [6.45, 7) is 1.44. The third-order valence-corrected chi connectivity index (χ3v) is 1.78. The standard InChI is InChI=1S/C10H10ClNO/c1-8(13)12-7-10(11)9-5-3-2-4-6-9/h2-7H,1H3,(H,12,13). The van der Waals surface area contributed by atoms with Gasteiger partial charge in [0, 0.05) is 13.1 Å². The molecule has 0 spiro atoms. The molecule has 0 aliphatic heterocycles. The molecule has 0 aliphatic carbocycles. The highest BCUT2D eigenvalue weighted by molar-refractivity contribution is 6.48. The lowest BCUT2D eigenvalue weighted by atomic mass is 10.2. The van der Waals surface area contributed by atoms with Crippen molar-refractivity contribution in [1.29, 1.82) is 0 Å². The monoisotopic (exact) mass is 195 g/mol. The van der Waals surface area contributed by atoms with Crippen molar-refractivity contribution in [3.63, 3.8) is 0 Å².